The molecule has 0 saturated carbocycles. The number of benzene rings is 2. The van der Waals surface area contributed by atoms with Crippen molar-refractivity contribution in [3.8, 4) is 5.75 Å². The van der Waals surface area contributed by atoms with Crippen LogP contribution in [0.5, 0.6) is 5.75 Å². The van der Waals surface area contributed by atoms with E-state index in [1.54, 1.807) is 18.3 Å². The SMILES string of the molecule is C=C(C)C(=O)OCCCCOc1cccc2c(=O)c3ccccc3sc12. The van der Waals surface area contributed by atoms with Gasteiger partial charge in [0, 0.05) is 21.0 Å². The Morgan fingerprint density at radius 1 is 1.04 bits per heavy atom. The Kier molecular flexibility index (Phi) is 5.68. The Morgan fingerprint density at radius 3 is 2.58 bits per heavy atom. The molecular weight excluding hydrogens is 348 g/mol. The third-order valence-corrected chi connectivity index (χ3v) is 5.15. The van der Waals surface area contributed by atoms with Gasteiger partial charge >= 0.3 is 5.97 Å². The van der Waals surface area contributed by atoms with Crippen molar-refractivity contribution in [2.24, 2.45) is 0 Å². The van der Waals surface area contributed by atoms with Crippen LogP contribution >= 0.6 is 11.3 Å². The van der Waals surface area contributed by atoms with Crippen molar-refractivity contribution in [1.82, 2.24) is 0 Å². The number of ether oxygens (including phenoxy) is 2. The molecule has 0 saturated heterocycles. The quantitative estimate of drug-likeness (QED) is 0.263. The first kappa shape index (κ1) is 18.1. The second kappa shape index (κ2) is 8.15. The molecule has 0 bridgehead atoms. The van der Waals surface area contributed by atoms with Crippen LogP contribution in [-0.4, -0.2) is 19.2 Å². The second-order valence-corrected chi connectivity index (χ2v) is 7.08. The summed E-state index contributed by atoms with van der Waals surface area (Å²) in [5.74, 6) is 0.353. The van der Waals surface area contributed by atoms with Gasteiger partial charge in [0.25, 0.3) is 0 Å². The van der Waals surface area contributed by atoms with Crippen LogP contribution in [0.3, 0.4) is 0 Å². The first-order chi connectivity index (χ1) is 12.6. The van der Waals surface area contributed by atoms with Gasteiger partial charge in [-0.15, -0.1) is 11.3 Å². The van der Waals surface area contributed by atoms with Crippen LogP contribution < -0.4 is 10.2 Å². The van der Waals surface area contributed by atoms with E-state index in [0.717, 1.165) is 21.2 Å². The van der Waals surface area contributed by atoms with Crippen LogP contribution in [0, 0.1) is 0 Å². The van der Waals surface area contributed by atoms with Crippen molar-refractivity contribution < 1.29 is 14.3 Å². The first-order valence-electron chi connectivity index (χ1n) is 8.48. The topological polar surface area (TPSA) is 52.6 Å². The zero-order chi connectivity index (χ0) is 18.5. The molecule has 1 aromatic heterocycles. The maximum atomic E-state index is 12.7. The number of hydrogen-bond donors (Lipinski definition) is 0. The molecule has 0 radical (unpaired) electrons. The Balaban J connectivity index is 1.68. The maximum absolute atomic E-state index is 12.7. The van der Waals surface area contributed by atoms with Crippen molar-refractivity contribution >= 4 is 37.5 Å². The van der Waals surface area contributed by atoms with Crippen LogP contribution in [0.15, 0.2) is 59.4 Å². The molecule has 0 aliphatic rings. The molecule has 0 N–H and O–H groups in total. The second-order valence-electron chi connectivity index (χ2n) is 6.03. The minimum atomic E-state index is -0.364. The highest BCUT2D eigenvalue weighted by atomic mass is 32.1. The summed E-state index contributed by atoms with van der Waals surface area (Å²) in [5, 5.41) is 1.42. The molecule has 0 fully saturated rings. The van der Waals surface area contributed by atoms with E-state index in [4.69, 9.17) is 9.47 Å². The number of fused-ring (bicyclic) bond motifs is 2. The molecule has 2 aromatic carbocycles. The summed E-state index contributed by atoms with van der Waals surface area (Å²) in [7, 11) is 0. The van der Waals surface area contributed by atoms with Gasteiger partial charge in [0.2, 0.25) is 0 Å². The van der Waals surface area contributed by atoms with Crippen LogP contribution in [0.2, 0.25) is 0 Å². The molecule has 4 nitrogen and oxygen atoms in total. The summed E-state index contributed by atoms with van der Waals surface area (Å²) in [6.45, 7) is 6.02. The molecule has 0 unspecified atom stereocenters. The largest absolute Gasteiger partial charge is 0.492 e. The van der Waals surface area contributed by atoms with Crippen molar-refractivity contribution in [1.29, 1.82) is 0 Å². The number of unbranched alkanes of at least 4 members (excludes halogenated alkanes) is 1. The van der Waals surface area contributed by atoms with E-state index in [2.05, 4.69) is 6.58 Å². The molecule has 1 heterocycles. The van der Waals surface area contributed by atoms with E-state index in [1.807, 2.05) is 42.5 Å². The Bertz CT molecular complexity index is 1020. The molecule has 0 aliphatic heterocycles. The van der Waals surface area contributed by atoms with Gasteiger partial charge in [0.1, 0.15) is 5.75 Å². The summed E-state index contributed by atoms with van der Waals surface area (Å²) in [5.41, 5.74) is 0.436. The molecule has 0 spiro atoms. The van der Waals surface area contributed by atoms with Gasteiger partial charge in [-0.1, -0.05) is 24.8 Å². The number of carbonyl (C=O) groups is 1. The summed E-state index contributed by atoms with van der Waals surface area (Å²) in [6, 6.07) is 13.2. The van der Waals surface area contributed by atoms with Crippen LogP contribution in [0.4, 0.5) is 0 Å². The van der Waals surface area contributed by atoms with Gasteiger partial charge in [-0.3, -0.25) is 4.79 Å². The average molecular weight is 368 g/mol. The standard InChI is InChI=1S/C21H20O4S/c1-14(2)21(23)25-13-6-5-12-24-17-10-7-9-16-19(22)15-8-3-4-11-18(15)26-20(16)17/h3-4,7-11H,1,5-6,12-13H2,2H3. The lowest BCUT2D eigenvalue weighted by Crippen LogP contribution is -2.07. The van der Waals surface area contributed by atoms with Gasteiger partial charge in [-0.25, -0.2) is 4.79 Å². The number of carbonyl (C=O) groups excluding carboxylic acids is 1. The number of hydrogen-bond acceptors (Lipinski definition) is 5. The van der Waals surface area contributed by atoms with E-state index in [0.29, 0.717) is 36.3 Å². The summed E-state index contributed by atoms with van der Waals surface area (Å²) >= 11 is 1.56. The molecule has 0 amide bonds. The minimum absolute atomic E-state index is 0.0338. The van der Waals surface area contributed by atoms with E-state index >= 15 is 0 Å². The van der Waals surface area contributed by atoms with Crippen molar-refractivity contribution in [2.45, 2.75) is 19.8 Å². The summed E-state index contributed by atoms with van der Waals surface area (Å²) < 4.78 is 12.8. The third kappa shape index (κ3) is 3.94. The van der Waals surface area contributed by atoms with Crippen molar-refractivity contribution in [3.63, 3.8) is 0 Å². The average Bonchev–Trinajstić information content (AvgIpc) is 2.65. The molecule has 134 valence electrons. The highest BCUT2D eigenvalue weighted by Gasteiger charge is 2.10. The Labute approximate surface area is 155 Å². The van der Waals surface area contributed by atoms with E-state index in [-0.39, 0.29) is 11.4 Å². The monoisotopic (exact) mass is 368 g/mol. The molecule has 0 aliphatic carbocycles. The minimum Gasteiger partial charge on any atom is -0.492 e. The van der Waals surface area contributed by atoms with Gasteiger partial charge in [0.05, 0.1) is 17.9 Å². The van der Waals surface area contributed by atoms with Crippen LogP contribution in [0.1, 0.15) is 19.8 Å². The van der Waals surface area contributed by atoms with E-state index in [9.17, 15) is 9.59 Å². The lowest BCUT2D eigenvalue weighted by molar-refractivity contribution is -0.139. The third-order valence-electron chi connectivity index (χ3n) is 3.95. The van der Waals surface area contributed by atoms with Gasteiger partial charge in [-0.2, -0.15) is 0 Å². The molecule has 26 heavy (non-hydrogen) atoms. The van der Waals surface area contributed by atoms with Crippen molar-refractivity contribution in [3.05, 3.63) is 64.8 Å². The fourth-order valence-electron chi connectivity index (χ4n) is 2.59. The van der Waals surface area contributed by atoms with Gasteiger partial charge < -0.3 is 9.47 Å². The molecule has 3 aromatic rings. The summed E-state index contributed by atoms with van der Waals surface area (Å²) in [6.07, 6.45) is 1.46. The highest BCUT2D eigenvalue weighted by Crippen LogP contribution is 2.31. The molecule has 5 heteroatoms. The summed E-state index contributed by atoms with van der Waals surface area (Å²) in [4.78, 5) is 24.0. The lowest BCUT2D eigenvalue weighted by Gasteiger charge is -2.10. The van der Waals surface area contributed by atoms with Gasteiger partial charge in [0.15, 0.2) is 5.43 Å². The van der Waals surface area contributed by atoms with Crippen LogP contribution in [0.25, 0.3) is 20.2 Å². The fourth-order valence-corrected chi connectivity index (χ4v) is 3.72. The normalized spacial score (nSPS) is 10.8. The Morgan fingerprint density at radius 2 is 1.77 bits per heavy atom. The smallest absolute Gasteiger partial charge is 0.333 e. The predicted octanol–water partition coefficient (Wildman–Crippen LogP) is 4.69. The maximum Gasteiger partial charge on any atom is 0.333 e. The number of esters is 1. The zero-order valence-corrected chi connectivity index (χ0v) is 15.4. The van der Waals surface area contributed by atoms with Crippen LogP contribution in [-0.2, 0) is 9.53 Å². The zero-order valence-electron chi connectivity index (χ0n) is 14.6. The van der Waals surface area contributed by atoms with E-state index in [1.165, 1.54) is 0 Å². The highest BCUT2D eigenvalue weighted by molar-refractivity contribution is 7.24. The molecule has 0 atom stereocenters. The molecular formula is C21H20O4S. The van der Waals surface area contributed by atoms with E-state index < -0.39 is 0 Å². The first-order valence-corrected chi connectivity index (χ1v) is 9.29. The predicted molar refractivity (Wildman–Crippen MR) is 106 cm³/mol. The lowest BCUT2D eigenvalue weighted by atomic mass is 10.2. The van der Waals surface area contributed by atoms with Crippen molar-refractivity contribution in [2.75, 3.05) is 13.2 Å². The Hall–Kier alpha value is -2.66. The number of rotatable bonds is 7. The van der Waals surface area contributed by atoms with Gasteiger partial charge in [-0.05, 0) is 44.0 Å². The molecule has 3 rings (SSSR count). The fraction of sp³-hybridized carbons (Fsp3) is 0.238.